The van der Waals surface area contributed by atoms with E-state index in [4.69, 9.17) is 0 Å². The summed E-state index contributed by atoms with van der Waals surface area (Å²) in [6, 6.07) is 0. The van der Waals surface area contributed by atoms with Gasteiger partial charge in [-0.1, -0.05) is 231 Å². The van der Waals surface area contributed by atoms with Crippen molar-refractivity contribution < 1.29 is 14.4 Å². The highest BCUT2D eigenvalue weighted by Crippen LogP contribution is 2.16. The predicted octanol–water partition coefficient (Wildman–Crippen LogP) is 16.6. The Morgan fingerprint density at radius 1 is 0.364 bits per heavy atom. The molecule has 0 aromatic rings. The van der Waals surface area contributed by atoms with Crippen molar-refractivity contribution in [2.24, 2.45) is 0 Å². The number of allylic oxidation sites excluding steroid dienone is 4. The SMILES string of the molecule is CCCCC/C=C\C/C=C\CCCCCCCC(=O)[O-].CCCCCCCCCCCCCCCC[N+](C)(C)CCCCCCCCCCCCCCCC. The lowest BCUT2D eigenvalue weighted by Crippen LogP contribution is -2.41. The fourth-order valence-corrected chi connectivity index (χ4v) is 7.66. The van der Waals surface area contributed by atoms with E-state index in [1.807, 2.05) is 0 Å². The molecule has 0 fully saturated rings. The van der Waals surface area contributed by atoms with Crippen LogP contribution in [0, 0.1) is 0 Å². The minimum absolute atomic E-state index is 0.213. The second kappa shape index (κ2) is 49.1. The van der Waals surface area contributed by atoms with Gasteiger partial charge in [0.15, 0.2) is 0 Å². The number of unbranched alkanes of at least 4 members (excludes halogenated alkanes) is 34. The quantitative estimate of drug-likeness (QED) is 0.0351. The summed E-state index contributed by atoms with van der Waals surface area (Å²) in [4.78, 5) is 10.2. The Morgan fingerprint density at radius 2 is 0.618 bits per heavy atom. The summed E-state index contributed by atoms with van der Waals surface area (Å²) in [5.74, 6) is -0.921. The van der Waals surface area contributed by atoms with Gasteiger partial charge in [-0.2, -0.15) is 0 Å². The van der Waals surface area contributed by atoms with Gasteiger partial charge in [-0.25, -0.2) is 0 Å². The lowest BCUT2D eigenvalue weighted by atomic mass is 10.0. The van der Waals surface area contributed by atoms with Gasteiger partial charge in [0, 0.05) is 5.97 Å². The summed E-state index contributed by atoms with van der Waals surface area (Å²) in [7, 11) is 4.93. The van der Waals surface area contributed by atoms with Crippen molar-refractivity contribution in [1.29, 1.82) is 0 Å². The van der Waals surface area contributed by atoms with Crippen LogP contribution in [0.2, 0.25) is 0 Å². The number of hydrogen-bond acceptors (Lipinski definition) is 2. The fourth-order valence-electron chi connectivity index (χ4n) is 7.66. The molecule has 0 spiro atoms. The number of aliphatic carboxylic acids is 1. The third-order valence-corrected chi connectivity index (χ3v) is 11.6. The molecule has 0 aliphatic carbocycles. The van der Waals surface area contributed by atoms with Gasteiger partial charge in [0.2, 0.25) is 0 Å². The number of nitrogens with zero attached hydrogens (tertiary/aromatic N) is 1. The van der Waals surface area contributed by atoms with Crippen molar-refractivity contribution in [2.75, 3.05) is 27.2 Å². The third-order valence-electron chi connectivity index (χ3n) is 11.6. The summed E-state index contributed by atoms with van der Waals surface area (Å²) < 4.78 is 1.25. The number of carboxylic acids is 1. The molecule has 0 N–H and O–H groups in total. The minimum atomic E-state index is -0.921. The first kappa shape index (κ1) is 56.0. The van der Waals surface area contributed by atoms with Gasteiger partial charge >= 0.3 is 0 Å². The van der Waals surface area contributed by atoms with Crippen LogP contribution in [0.1, 0.15) is 278 Å². The average Bonchev–Trinajstić information content (AvgIpc) is 3.16. The Kier molecular flexibility index (Phi) is 50.0. The molecule has 0 saturated carbocycles. The van der Waals surface area contributed by atoms with E-state index in [0.717, 1.165) is 32.1 Å². The van der Waals surface area contributed by atoms with Crippen LogP contribution in [0.5, 0.6) is 0 Å². The highest BCUT2D eigenvalue weighted by Gasteiger charge is 2.13. The Morgan fingerprint density at radius 3 is 0.945 bits per heavy atom. The molecule has 0 heterocycles. The minimum Gasteiger partial charge on any atom is -0.550 e. The zero-order valence-electron chi connectivity index (χ0n) is 38.8. The number of carbonyl (C=O) groups excluding carboxylic acids is 1. The lowest BCUT2D eigenvalue weighted by molar-refractivity contribution is -0.890. The zero-order chi connectivity index (χ0) is 40.6. The molecular formula is C52H103NO2. The van der Waals surface area contributed by atoms with Gasteiger partial charge in [-0.3, -0.25) is 0 Å². The Bertz CT molecular complexity index is 738. The van der Waals surface area contributed by atoms with Crippen molar-refractivity contribution in [2.45, 2.75) is 278 Å². The van der Waals surface area contributed by atoms with Crippen LogP contribution in [0.4, 0.5) is 0 Å². The maximum absolute atomic E-state index is 10.2. The van der Waals surface area contributed by atoms with Gasteiger partial charge in [-0.15, -0.1) is 0 Å². The summed E-state index contributed by atoms with van der Waals surface area (Å²) in [5.41, 5.74) is 0. The van der Waals surface area contributed by atoms with E-state index in [2.05, 4.69) is 59.2 Å². The van der Waals surface area contributed by atoms with Crippen LogP contribution in [0.15, 0.2) is 24.3 Å². The number of rotatable bonds is 44. The number of quaternary nitrogens is 1. The largest absolute Gasteiger partial charge is 0.550 e. The molecular weight excluding hydrogens is 671 g/mol. The molecule has 3 heteroatoms. The predicted molar refractivity (Wildman–Crippen MR) is 247 cm³/mol. The van der Waals surface area contributed by atoms with Crippen LogP contribution in [0.3, 0.4) is 0 Å². The first-order valence-electron chi connectivity index (χ1n) is 25.2. The average molecular weight is 774 g/mol. The van der Waals surface area contributed by atoms with Gasteiger partial charge in [0.05, 0.1) is 27.2 Å². The van der Waals surface area contributed by atoms with E-state index < -0.39 is 5.97 Å². The first-order valence-corrected chi connectivity index (χ1v) is 25.2. The molecule has 0 aromatic heterocycles. The van der Waals surface area contributed by atoms with Crippen LogP contribution in [-0.4, -0.2) is 37.6 Å². The summed E-state index contributed by atoms with van der Waals surface area (Å²) in [6.45, 7) is 9.62. The smallest absolute Gasteiger partial charge is 0.0782 e. The summed E-state index contributed by atoms with van der Waals surface area (Å²) >= 11 is 0. The Hall–Kier alpha value is -1.09. The molecule has 0 aliphatic rings. The van der Waals surface area contributed by atoms with Crippen molar-refractivity contribution in [1.82, 2.24) is 0 Å². The fraction of sp³-hybridized carbons (Fsp3) is 0.904. The second-order valence-electron chi connectivity index (χ2n) is 17.9. The monoisotopic (exact) mass is 774 g/mol. The molecule has 328 valence electrons. The van der Waals surface area contributed by atoms with E-state index in [1.54, 1.807) is 0 Å². The van der Waals surface area contributed by atoms with Crippen molar-refractivity contribution in [3.63, 3.8) is 0 Å². The molecule has 0 atom stereocenters. The van der Waals surface area contributed by atoms with Gasteiger partial charge in [-0.05, 0) is 70.6 Å². The molecule has 0 saturated heterocycles. The van der Waals surface area contributed by atoms with Crippen molar-refractivity contribution in [3.8, 4) is 0 Å². The van der Waals surface area contributed by atoms with Gasteiger partial charge in [0.1, 0.15) is 0 Å². The van der Waals surface area contributed by atoms with Crippen LogP contribution in [0.25, 0.3) is 0 Å². The maximum Gasteiger partial charge on any atom is 0.0782 e. The summed E-state index contributed by atoms with van der Waals surface area (Å²) in [5, 5.41) is 10.2. The molecule has 3 nitrogen and oxygen atoms in total. The molecule has 0 bridgehead atoms. The second-order valence-corrected chi connectivity index (χ2v) is 17.9. The van der Waals surface area contributed by atoms with Gasteiger partial charge in [0.25, 0.3) is 0 Å². The highest BCUT2D eigenvalue weighted by molar-refractivity contribution is 5.64. The van der Waals surface area contributed by atoms with Crippen LogP contribution >= 0.6 is 0 Å². The van der Waals surface area contributed by atoms with Crippen molar-refractivity contribution in [3.05, 3.63) is 24.3 Å². The lowest BCUT2D eigenvalue weighted by Gasteiger charge is -2.30. The van der Waals surface area contributed by atoms with E-state index in [-0.39, 0.29) is 6.42 Å². The van der Waals surface area contributed by atoms with Crippen LogP contribution < -0.4 is 5.11 Å². The normalized spacial score (nSPS) is 11.9. The van der Waals surface area contributed by atoms with Crippen molar-refractivity contribution >= 4 is 5.97 Å². The molecule has 0 amide bonds. The van der Waals surface area contributed by atoms with E-state index in [1.165, 1.54) is 236 Å². The number of hydrogen-bond donors (Lipinski definition) is 0. The molecule has 0 unspecified atom stereocenters. The molecule has 0 rings (SSSR count). The van der Waals surface area contributed by atoms with Crippen LogP contribution in [-0.2, 0) is 4.79 Å². The number of carboxylic acid groups (broad SMARTS) is 1. The Balaban J connectivity index is 0. The molecule has 0 aromatic carbocycles. The van der Waals surface area contributed by atoms with E-state index in [0.29, 0.717) is 0 Å². The van der Waals surface area contributed by atoms with E-state index >= 15 is 0 Å². The van der Waals surface area contributed by atoms with Gasteiger partial charge < -0.3 is 14.4 Å². The topological polar surface area (TPSA) is 40.1 Å². The first-order chi connectivity index (χ1) is 26.9. The molecule has 0 radical (unpaired) electrons. The van der Waals surface area contributed by atoms with E-state index in [9.17, 15) is 9.90 Å². The summed E-state index contributed by atoms with van der Waals surface area (Å²) in [6.07, 6.45) is 62.9. The number of carbonyl (C=O) groups is 1. The zero-order valence-corrected chi connectivity index (χ0v) is 38.8. The third kappa shape index (κ3) is 55.1. The highest BCUT2D eigenvalue weighted by atomic mass is 16.4. The molecule has 0 aliphatic heterocycles. The maximum atomic E-state index is 10.2. The molecule has 55 heavy (non-hydrogen) atoms. The standard InChI is InChI=1S/C34H72N.C18H32O2/c1-5-7-9-11-13-15-17-19-21-23-25-27-29-31-33-35(3,4)34-32-30-28-26-24-22-20-18-16-14-12-10-8-6-2;1-2-3-4-5-6-7-8-9-10-11-12-13-14-15-16-17-18(19)20/h5-34H2,1-4H3;6-7,9-10H,2-5,8,11-17H2,1H3,(H,19,20)/q+1;/p-1/b;7-6-,10-9-. The Labute approximate surface area is 348 Å².